The molecule has 0 atom stereocenters. The SMILES string of the molecule is CCc1[nH]n(C)c(=O)c1/C=C1\NC(=O)N(Cc2ccc(F)cc2)C1=O. The lowest BCUT2D eigenvalue weighted by atomic mass is 10.1. The van der Waals surface area contributed by atoms with Crippen molar-refractivity contribution in [3.8, 4) is 0 Å². The fraction of sp³-hybridized carbons (Fsp3) is 0.235. The van der Waals surface area contributed by atoms with Gasteiger partial charge in [-0.15, -0.1) is 0 Å². The highest BCUT2D eigenvalue weighted by Crippen LogP contribution is 2.17. The second-order valence-corrected chi connectivity index (χ2v) is 5.73. The van der Waals surface area contributed by atoms with Crippen molar-refractivity contribution in [3.05, 3.63) is 63.0 Å². The summed E-state index contributed by atoms with van der Waals surface area (Å²) in [5.74, 6) is -0.920. The molecule has 25 heavy (non-hydrogen) atoms. The molecule has 1 saturated heterocycles. The summed E-state index contributed by atoms with van der Waals surface area (Å²) < 4.78 is 14.3. The number of aromatic nitrogens is 2. The molecule has 0 bridgehead atoms. The Morgan fingerprint density at radius 2 is 1.84 bits per heavy atom. The van der Waals surface area contributed by atoms with Crippen LogP contribution in [0.4, 0.5) is 9.18 Å². The Bertz CT molecular complexity index is 924. The first-order valence-corrected chi connectivity index (χ1v) is 7.77. The number of hydrogen-bond acceptors (Lipinski definition) is 3. The molecular weight excluding hydrogens is 327 g/mol. The highest BCUT2D eigenvalue weighted by molar-refractivity contribution is 6.13. The fourth-order valence-electron chi connectivity index (χ4n) is 2.67. The van der Waals surface area contributed by atoms with Gasteiger partial charge in [0.1, 0.15) is 11.5 Å². The van der Waals surface area contributed by atoms with Crippen LogP contribution in [0.1, 0.15) is 23.7 Å². The molecule has 1 aliphatic heterocycles. The van der Waals surface area contributed by atoms with Crippen LogP contribution in [-0.4, -0.2) is 26.6 Å². The minimum Gasteiger partial charge on any atom is -0.303 e. The summed E-state index contributed by atoms with van der Waals surface area (Å²) in [6.45, 7) is 1.90. The van der Waals surface area contributed by atoms with Crippen LogP contribution in [0.5, 0.6) is 0 Å². The molecule has 8 heteroatoms. The summed E-state index contributed by atoms with van der Waals surface area (Å²) in [5, 5.41) is 5.39. The number of imide groups is 1. The zero-order chi connectivity index (χ0) is 18.1. The predicted molar refractivity (Wildman–Crippen MR) is 88.9 cm³/mol. The van der Waals surface area contributed by atoms with E-state index in [0.29, 0.717) is 23.2 Å². The second kappa shape index (κ2) is 6.39. The molecule has 7 nitrogen and oxygen atoms in total. The maximum Gasteiger partial charge on any atom is 0.329 e. The lowest BCUT2D eigenvalue weighted by Gasteiger charge is -2.11. The normalized spacial score (nSPS) is 16.0. The van der Waals surface area contributed by atoms with Gasteiger partial charge in [0.05, 0.1) is 12.1 Å². The molecule has 0 radical (unpaired) electrons. The number of carbonyl (C=O) groups excluding carboxylic acids is 2. The van der Waals surface area contributed by atoms with Gasteiger partial charge in [-0.05, 0) is 30.2 Å². The Kier molecular flexibility index (Phi) is 4.26. The topological polar surface area (TPSA) is 87.2 Å². The van der Waals surface area contributed by atoms with Crippen LogP contribution in [0, 0.1) is 5.82 Å². The maximum atomic E-state index is 13.0. The number of benzene rings is 1. The average molecular weight is 344 g/mol. The Morgan fingerprint density at radius 1 is 1.16 bits per heavy atom. The average Bonchev–Trinajstić information content (AvgIpc) is 3.01. The van der Waals surface area contributed by atoms with Crippen molar-refractivity contribution in [2.24, 2.45) is 7.05 Å². The van der Waals surface area contributed by atoms with Crippen LogP contribution in [0.2, 0.25) is 0 Å². The molecule has 0 aliphatic carbocycles. The van der Waals surface area contributed by atoms with Gasteiger partial charge in [-0.2, -0.15) is 0 Å². The lowest BCUT2D eigenvalue weighted by molar-refractivity contribution is -0.123. The number of urea groups is 1. The number of nitrogens with one attached hydrogen (secondary N) is 2. The minimum absolute atomic E-state index is 0.0219. The maximum absolute atomic E-state index is 13.0. The molecular formula is C17H17FN4O3. The third-order valence-corrected chi connectivity index (χ3v) is 4.02. The minimum atomic E-state index is -0.578. The quantitative estimate of drug-likeness (QED) is 0.651. The van der Waals surface area contributed by atoms with E-state index in [0.717, 1.165) is 4.90 Å². The van der Waals surface area contributed by atoms with Gasteiger partial charge in [0.2, 0.25) is 0 Å². The number of rotatable bonds is 4. The first-order chi connectivity index (χ1) is 11.9. The van der Waals surface area contributed by atoms with E-state index in [4.69, 9.17) is 0 Å². The summed E-state index contributed by atoms with van der Waals surface area (Å²) in [5.41, 5.74) is 1.41. The molecule has 2 N–H and O–H groups in total. The molecule has 2 aromatic rings. The van der Waals surface area contributed by atoms with Crippen molar-refractivity contribution < 1.29 is 14.0 Å². The number of H-pyrrole nitrogens is 1. The van der Waals surface area contributed by atoms with E-state index in [9.17, 15) is 18.8 Å². The predicted octanol–water partition coefficient (Wildman–Crippen LogP) is 1.51. The van der Waals surface area contributed by atoms with Crippen molar-refractivity contribution >= 4 is 18.0 Å². The van der Waals surface area contributed by atoms with Crippen molar-refractivity contribution in [1.82, 2.24) is 20.0 Å². The second-order valence-electron chi connectivity index (χ2n) is 5.73. The molecule has 3 rings (SSSR count). The van der Waals surface area contributed by atoms with Gasteiger partial charge >= 0.3 is 6.03 Å². The molecule has 2 heterocycles. The van der Waals surface area contributed by atoms with Crippen LogP contribution in [-0.2, 0) is 24.8 Å². The van der Waals surface area contributed by atoms with E-state index in [1.54, 1.807) is 7.05 Å². The molecule has 1 fully saturated rings. The zero-order valence-corrected chi connectivity index (χ0v) is 13.8. The molecule has 0 unspecified atom stereocenters. The number of halogens is 1. The first kappa shape index (κ1) is 16.7. The molecule has 1 aliphatic rings. The standard InChI is InChI=1S/C17H17FN4O3/c1-3-13-12(15(23)21(2)20-13)8-14-16(24)22(17(25)19-14)9-10-4-6-11(18)7-5-10/h4-8,20H,3,9H2,1-2H3,(H,19,25)/b14-8-. The summed E-state index contributed by atoms with van der Waals surface area (Å²) >= 11 is 0. The number of amides is 3. The van der Waals surface area contributed by atoms with Gasteiger partial charge in [0, 0.05) is 12.7 Å². The lowest BCUT2D eigenvalue weighted by Crippen LogP contribution is -2.30. The van der Waals surface area contributed by atoms with Gasteiger partial charge in [0.15, 0.2) is 0 Å². The van der Waals surface area contributed by atoms with Gasteiger partial charge in [0.25, 0.3) is 11.5 Å². The van der Waals surface area contributed by atoms with E-state index in [-0.39, 0.29) is 17.8 Å². The smallest absolute Gasteiger partial charge is 0.303 e. The van der Waals surface area contributed by atoms with Crippen molar-refractivity contribution in [2.45, 2.75) is 19.9 Å². The molecule has 1 aromatic heterocycles. The van der Waals surface area contributed by atoms with Crippen LogP contribution in [0.3, 0.4) is 0 Å². The van der Waals surface area contributed by atoms with Gasteiger partial charge in [-0.3, -0.25) is 24.3 Å². The molecule has 0 saturated carbocycles. The van der Waals surface area contributed by atoms with Crippen LogP contribution < -0.4 is 10.9 Å². The van der Waals surface area contributed by atoms with E-state index < -0.39 is 17.8 Å². The van der Waals surface area contributed by atoms with Crippen LogP contribution >= 0.6 is 0 Å². The monoisotopic (exact) mass is 344 g/mol. The number of aryl methyl sites for hydroxylation is 2. The number of hydrogen-bond donors (Lipinski definition) is 2. The molecule has 1 aromatic carbocycles. The number of nitrogens with zero attached hydrogens (tertiary/aromatic N) is 2. The van der Waals surface area contributed by atoms with Gasteiger partial charge < -0.3 is 5.32 Å². The van der Waals surface area contributed by atoms with Gasteiger partial charge in [-0.1, -0.05) is 19.1 Å². The molecule has 0 spiro atoms. The van der Waals surface area contributed by atoms with E-state index in [1.807, 2.05) is 6.92 Å². The Balaban J connectivity index is 1.88. The van der Waals surface area contributed by atoms with Gasteiger partial charge in [-0.25, -0.2) is 9.18 Å². The highest BCUT2D eigenvalue weighted by Gasteiger charge is 2.34. The highest BCUT2D eigenvalue weighted by atomic mass is 19.1. The summed E-state index contributed by atoms with van der Waals surface area (Å²) in [7, 11) is 1.58. The Labute approximate surface area is 142 Å². The number of carbonyl (C=O) groups is 2. The molecule has 130 valence electrons. The van der Waals surface area contributed by atoms with Crippen molar-refractivity contribution in [3.63, 3.8) is 0 Å². The summed E-state index contributed by atoms with van der Waals surface area (Å²) in [6.07, 6.45) is 1.97. The molecule has 3 amide bonds. The number of aromatic amines is 1. The zero-order valence-electron chi connectivity index (χ0n) is 13.8. The van der Waals surface area contributed by atoms with E-state index in [2.05, 4.69) is 10.4 Å². The summed E-state index contributed by atoms with van der Waals surface area (Å²) in [6, 6.07) is 4.97. The third kappa shape index (κ3) is 3.10. The summed E-state index contributed by atoms with van der Waals surface area (Å²) in [4.78, 5) is 37.7. The van der Waals surface area contributed by atoms with E-state index in [1.165, 1.54) is 35.0 Å². The van der Waals surface area contributed by atoms with Crippen LogP contribution in [0.15, 0.2) is 34.8 Å². The Morgan fingerprint density at radius 3 is 2.48 bits per heavy atom. The fourth-order valence-corrected chi connectivity index (χ4v) is 2.67. The van der Waals surface area contributed by atoms with E-state index >= 15 is 0 Å². The first-order valence-electron chi connectivity index (χ1n) is 7.77. The van der Waals surface area contributed by atoms with Crippen molar-refractivity contribution in [2.75, 3.05) is 0 Å². The largest absolute Gasteiger partial charge is 0.329 e. The van der Waals surface area contributed by atoms with Crippen LogP contribution in [0.25, 0.3) is 6.08 Å². The Hall–Kier alpha value is -3.16. The third-order valence-electron chi connectivity index (χ3n) is 4.02. The van der Waals surface area contributed by atoms with Crippen molar-refractivity contribution in [1.29, 1.82) is 0 Å².